The number of benzene rings is 1. The number of amides is 2. The van der Waals surface area contributed by atoms with Gasteiger partial charge in [0.15, 0.2) is 5.82 Å². The lowest BCUT2D eigenvalue weighted by Crippen LogP contribution is -2.45. The summed E-state index contributed by atoms with van der Waals surface area (Å²) in [6.07, 6.45) is -0.641. The quantitative estimate of drug-likeness (QED) is 0.718. The molecule has 1 aromatic heterocycles. The number of ether oxygens (including phenoxy) is 1. The Morgan fingerprint density at radius 2 is 2.04 bits per heavy atom. The van der Waals surface area contributed by atoms with Crippen molar-refractivity contribution in [2.24, 2.45) is 0 Å². The lowest BCUT2D eigenvalue weighted by atomic mass is 10.2. The monoisotopic (exact) mass is 452 g/mol. The van der Waals surface area contributed by atoms with Crippen LogP contribution in [0, 0.1) is 0 Å². The van der Waals surface area contributed by atoms with Gasteiger partial charge in [0.2, 0.25) is 5.91 Å². The molecule has 1 saturated heterocycles. The van der Waals surface area contributed by atoms with Crippen molar-refractivity contribution in [1.82, 2.24) is 14.7 Å². The van der Waals surface area contributed by atoms with Crippen molar-refractivity contribution in [2.45, 2.75) is 45.3 Å². The summed E-state index contributed by atoms with van der Waals surface area (Å²) in [7, 11) is 0. The van der Waals surface area contributed by atoms with Crippen LogP contribution in [0.15, 0.2) is 22.7 Å². The van der Waals surface area contributed by atoms with Crippen molar-refractivity contribution in [3.8, 4) is 0 Å². The van der Waals surface area contributed by atoms with Crippen molar-refractivity contribution in [3.63, 3.8) is 0 Å². The van der Waals surface area contributed by atoms with E-state index in [1.54, 1.807) is 39.0 Å². The molecule has 1 aliphatic heterocycles. The van der Waals surface area contributed by atoms with Crippen LogP contribution in [0.25, 0.3) is 10.9 Å². The van der Waals surface area contributed by atoms with E-state index in [1.807, 2.05) is 0 Å². The standard InChI is InChI=1S/C18H21BrN4O5/c1-18(2,3)28-17(27)22-8-4-5-13(22)15(24)20-14-11-9-10(19)6-7-12(11)23(21-14)16(25)26/h6-7,9,13H,4-5,8H2,1-3H3,(H,25,26)(H,20,21,24). The van der Waals surface area contributed by atoms with Gasteiger partial charge < -0.3 is 15.2 Å². The molecule has 2 N–H and O–H groups in total. The Bertz CT molecular complexity index is 949. The van der Waals surface area contributed by atoms with E-state index in [-0.39, 0.29) is 5.82 Å². The number of hydrogen-bond acceptors (Lipinski definition) is 5. The maximum atomic E-state index is 12.8. The van der Waals surface area contributed by atoms with Crippen LogP contribution in [0.5, 0.6) is 0 Å². The van der Waals surface area contributed by atoms with Crippen molar-refractivity contribution in [1.29, 1.82) is 0 Å². The first kappa shape index (κ1) is 20.1. The third kappa shape index (κ3) is 4.11. The van der Waals surface area contributed by atoms with Gasteiger partial charge in [0.05, 0.1) is 5.52 Å². The minimum Gasteiger partial charge on any atom is -0.463 e. The summed E-state index contributed by atoms with van der Waals surface area (Å²) in [5.41, 5.74) is -0.315. The fourth-order valence-electron chi connectivity index (χ4n) is 3.11. The molecule has 1 aliphatic rings. The van der Waals surface area contributed by atoms with Gasteiger partial charge in [-0.3, -0.25) is 9.69 Å². The molecule has 0 bridgehead atoms. The highest BCUT2D eigenvalue weighted by Crippen LogP contribution is 2.28. The van der Waals surface area contributed by atoms with Crippen LogP contribution in [0.3, 0.4) is 0 Å². The van der Waals surface area contributed by atoms with E-state index < -0.39 is 29.7 Å². The Morgan fingerprint density at radius 1 is 1.32 bits per heavy atom. The van der Waals surface area contributed by atoms with Crippen LogP contribution in [0.4, 0.5) is 15.4 Å². The molecule has 1 aromatic carbocycles. The first-order chi connectivity index (χ1) is 13.1. The highest BCUT2D eigenvalue weighted by molar-refractivity contribution is 9.10. The van der Waals surface area contributed by atoms with Gasteiger partial charge >= 0.3 is 12.2 Å². The van der Waals surface area contributed by atoms with E-state index in [0.717, 1.165) is 9.15 Å². The van der Waals surface area contributed by atoms with Gasteiger partial charge in [-0.2, -0.15) is 4.68 Å². The van der Waals surface area contributed by atoms with E-state index >= 15 is 0 Å². The lowest BCUT2D eigenvalue weighted by molar-refractivity contribution is -0.120. The molecule has 2 amide bonds. The Morgan fingerprint density at radius 3 is 2.68 bits per heavy atom. The molecule has 3 rings (SSSR count). The second-order valence-corrected chi connectivity index (χ2v) is 8.44. The molecule has 28 heavy (non-hydrogen) atoms. The van der Waals surface area contributed by atoms with E-state index in [0.29, 0.717) is 30.3 Å². The smallest absolute Gasteiger partial charge is 0.432 e. The molecule has 0 spiro atoms. The number of likely N-dealkylation sites (tertiary alicyclic amines) is 1. The van der Waals surface area contributed by atoms with Gasteiger partial charge in [0.1, 0.15) is 11.6 Å². The largest absolute Gasteiger partial charge is 0.463 e. The lowest BCUT2D eigenvalue weighted by Gasteiger charge is -2.27. The summed E-state index contributed by atoms with van der Waals surface area (Å²) >= 11 is 3.34. The Hall–Kier alpha value is -2.62. The average molecular weight is 453 g/mol. The summed E-state index contributed by atoms with van der Waals surface area (Å²) in [4.78, 5) is 38.1. The molecule has 1 unspecified atom stereocenters. The maximum Gasteiger partial charge on any atom is 0.432 e. The molecule has 150 valence electrons. The number of fused-ring (bicyclic) bond motifs is 1. The normalized spacial score (nSPS) is 17.0. The summed E-state index contributed by atoms with van der Waals surface area (Å²) in [6.45, 7) is 5.71. The minimum atomic E-state index is -1.26. The van der Waals surface area contributed by atoms with Gasteiger partial charge in [-0.15, -0.1) is 5.10 Å². The predicted molar refractivity (Wildman–Crippen MR) is 105 cm³/mol. The molecular formula is C18H21BrN4O5. The van der Waals surface area contributed by atoms with Gasteiger partial charge in [0.25, 0.3) is 0 Å². The SMILES string of the molecule is CC(C)(C)OC(=O)N1CCCC1C(=O)Nc1nn(C(=O)O)c2ccc(Br)cc12. The molecule has 0 radical (unpaired) electrons. The number of nitrogens with one attached hydrogen (secondary N) is 1. The third-order valence-corrected chi connectivity index (χ3v) is 4.74. The molecule has 10 heteroatoms. The summed E-state index contributed by atoms with van der Waals surface area (Å²) < 4.78 is 6.90. The van der Waals surface area contributed by atoms with Crippen molar-refractivity contribution in [3.05, 3.63) is 22.7 Å². The van der Waals surface area contributed by atoms with Crippen molar-refractivity contribution < 1.29 is 24.2 Å². The molecule has 9 nitrogen and oxygen atoms in total. The average Bonchev–Trinajstić information content (AvgIpc) is 3.18. The predicted octanol–water partition coefficient (Wildman–Crippen LogP) is 3.66. The minimum absolute atomic E-state index is 0.125. The summed E-state index contributed by atoms with van der Waals surface area (Å²) in [5, 5.41) is 16.5. The van der Waals surface area contributed by atoms with Crippen LogP contribution in [0.1, 0.15) is 33.6 Å². The highest BCUT2D eigenvalue weighted by Gasteiger charge is 2.37. The number of carbonyl (C=O) groups excluding carboxylic acids is 2. The highest BCUT2D eigenvalue weighted by atomic mass is 79.9. The van der Waals surface area contributed by atoms with E-state index in [4.69, 9.17) is 4.74 Å². The number of halogens is 1. The number of anilines is 1. The third-order valence-electron chi connectivity index (χ3n) is 4.25. The second kappa shape index (κ2) is 7.42. The first-order valence-corrected chi connectivity index (χ1v) is 9.58. The Labute approximate surface area is 169 Å². The fraction of sp³-hybridized carbons (Fsp3) is 0.444. The van der Waals surface area contributed by atoms with Crippen LogP contribution in [0.2, 0.25) is 0 Å². The Kier molecular flexibility index (Phi) is 5.33. The van der Waals surface area contributed by atoms with Crippen LogP contribution in [-0.4, -0.2) is 56.1 Å². The van der Waals surface area contributed by atoms with Gasteiger partial charge in [-0.05, 0) is 51.8 Å². The number of hydrogen-bond donors (Lipinski definition) is 2. The molecule has 1 atom stereocenters. The second-order valence-electron chi connectivity index (χ2n) is 7.53. The molecule has 2 aromatic rings. The number of aromatic nitrogens is 2. The fourth-order valence-corrected chi connectivity index (χ4v) is 3.47. The topological polar surface area (TPSA) is 114 Å². The van der Waals surface area contributed by atoms with Gasteiger partial charge in [-0.25, -0.2) is 9.59 Å². The van der Waals surface area contributed by atoms with Crippen LogP contribution < -0.4 is 5.32 Å². The Balaban J connectivity index is 1.85. The van der Waals surface area contributed by atoms with Crippen LogP contribution in [-0.2, 0) is 9.53 Å². The van der Waals surface area contributed by atoms with E-state index in [2.05, 4.69) is 26.3 Å². The van der Waals surface area contributed by atoms with Crippen molar-refractivity contribution >= 4 is 50.7 Å². The molecule has 2 heterocycles. The maximum absolute atomic E-state index is 12.8. The molecule has 1 fully saturated rings. The first-order valence-electron chi connectivity index (χ1n) is 8.79. The zero-order valence-corrected chi connectivity index (χ0v) is 17.3. The molecule has 0 saturated carbocycles. The van der Waals surface area contributed by atoms with E-state index in [1.165, 1.54) is 4.90 Å². The van der Waals surface area contributed by atoms with Crippen LogP contribution >= 0.6 is 15.9 Å². The summed E-state index contributed by atoms with van der Waals surface area (Å²) in [6, 6.07) is 4.26. The number of carbonyl (C=O) groups is 3. The molecular weight excluding hydrogens is 432 g/mol. The zero-order chi connectivity index (χ0) is 20.6. The van der Waals surface area contributed by atoms with Crippen molar-refractivity contribution in [2.75, 3.05) is 11.9 Å². The number of carboxylic acid groups (broad SMARTS) is 1. The molecule has 0 aliphatic carbocycles. The van der Waals surface area contributed by atoms with Gasteiger partial charge in [-0.1, -0.05) is 15.9 Å². The summed E-state index contributed by atoms with van der Waals surface area (Å²) in [5.74, 6) is -0.306. The van der Waals surface area contributed by atoms with E-state index in [9.17, 15) is 19.5 Å². The zero-order valence-electron chi connectivity index (χ0n) is 15.7. The number of nitrogens with zero attached hydrogens (tertiary/aromatic N) is 3. The number of rotatable bonds is 2. The van der Waals surface area contributed by atoms with Gasteiger partial charge in [0, 0.05) is 16.4 Å².